The number of rotatable bonds is 3. The predicted octanol–water partition coefficient (Wildman–Crippen LogP) is 2.90. The topological polar surface area (TPSA) is 58.4 Å². The summed E-state index contributed by atoms with van der Waals surface area (Å²) in [7, 11) is 3.91. The molecule has 0 radical (unpaired) electrons. The lowest BCUT2D eigenvalue weighted by molar-refractivity contribution is 0.102. The van der Waals surface area contributed by atoms with E-state index in [1.807, 2.05) is 56.3 Å². The van der Waals surface area contributed by atoms with E-state index >= 15 is 0 Å². The molecule has 4 nitrogen and oxygen atoms in total. The van der Waals surface area contributed by atoms with Crippen LogP contribution in [0.4, 0.5) is 17.1 Å². The Bertz CT molecular complexity index is 635. The Hall–Kier alpha value is -2.49. The van der Waals surface area contributed by atoms with Gasteiger partial charge in [0.2, 0.25) is 0 Å². The number of anilines is 3. The van der Waals surface area contributed by atoms with Crippen molar-refractivity contribution in [2.24, 2.45) is 0 Å². The van der Waals surface area contributed by atoms with Gasteiger partial charge < -0.3 is 16.0 Å². The van der Waals surface area contributed by atoms with E-state index in [1.54, 1.807) is 12.1 Å². The molecule has 0 aliphatic carbocycles. The van der Waals surface area contributed by atoms with E-state index in [-0.39, 0.29) is 5.91 Å². The van der Waals surface area contributed by atoms with Crippen LogP contribution in [0.1, 0.15) is 15.9 Å². The molecule has 0 aliphatic rings. The summed E-state index contributed by atoms with van der Waals surface area (Å²) < 4.78 is 0. The third-order valence-electron chi connectivity index (χ3n) is 3.07. The fraction of sp³-hybridized carbons (Fsp3) is 0.188. The molecule has 0 atom stereocenters. The molecule has 0 aromatic heterocycles. The second kappa shape index (κ2) is 5.65. The number of aryl methyl sites for hydroxylation is 1. The van der Waals surface area contributed by atoms with Crippen molar-refractivity contribution in [3.05, 3.63) is 53.6 Å². The highest BCUT2D eigenvalue weighted by molar-refractivity contribution is 6.07. The van der Waals surface area contributed by atoms with Crippen LogP contribution >= 0.6 is 0 Å². The number of nitrogens with one attached hydrogen (secondary N) is 1. The van der Waals surface area contributed by atoms with Crippen molar-refractivity contribution < 1.29 is 4.79 Å². The minimum Gasteiger partial charge on any atom is -0.398 e. The number of carbonyl (C=O) groups is 1. The lowest BCUT2D eigenvalue weighted by Gasteiger charge is -2.14. The van der Waals surface area contributed by atoms with E-state index < -0.39 is 0 Å². The fourth-order valence-corrected chi connectivity index (χ4v) is 1.95. The SMILES string of the molecule is Cc1ccc(C(=O)Nc2cccc(N(C)C)c2)c(N)c1. The van der Waals surface area contributed by atoms with Gasteiger partial charge in [0.15, 0.2) is 0 Å². The van der Waals surface area contributed by atoms with Crippen molar-refractivity contribution in [2.45, 2.75) is 6.92 Å². The minimum atomic E-state index is -0.196. The number of amides is 1. The Kier molecular flexibility index (Phi) is 3.94. The first kappa shape index (κ1) is 13.9. The maximum absolute atomic E-state index is 12.2. The summed E-state index contributed by atoms with van der Waals surface area (Å²) in [5, 5.41) is 2.87. The minimum absolute atomic E-state index is 0.196. The van der Waals surface area contributed by atoms with E-state index in [1.165, 1.54) is 0 Å². The van der Waals surface area contributed by atoms with E-state index in [4.69, 9.17) is 5.73 Å². The second-order valence-electron chi connectivity index (χ2n) is 4.99. The first-order valence-corrected chi connectivity index (χ1v) is 6.42. The standard InChI is InChI=1S/C16H19N3O/c1-11-7-8-14(15(17)9-11)16(20)18-12-5-4-6-13(10-12)19(2)3/h4-10H,17H2,1-3H3,(H,18,20). The van der Waals surface area contributed by atoms with Gasteiger partial charge in [-0.3, -0.25) is 4.79 Å². The molecule has 0 aliphatic heterocycles. The molecule has 0 fully saturated rings. The molecular weight excluding hydrogens is 250 g/mol. The Morgan fingerprint density at radius 2 is 1.90 bits per heavy atom. The smallest absolute Gasteiger partial charge is 0.257 e. The fourth-order valence-electron chi connectivity index (χ4n) is 1.95. The molecule has 0 saturated carbocycles. The molecule has 2 aromatic rings. The molecule has 0 spiro atoms. The molecule has 2 aromatic carbocycles. The van der Waals surface area contributed by atoms with Crippen LogP contribution < -0.4 is 16.0 Å². The first-order chi connectivity index (χ1) is 9.47. The van der Waals surface area contributed by atoms with Crippen molar-refractivity contribution >= 4 is 23.0 Å². The van der Waals surface area contributed by atoms with Gasteiger partial charge >= 0.3 is 0 Å². The predicted molar refractivity (Wildman–Crippen MR) is 84.3 cm³/mol. The van der Waals surface area contributed by atoms with E-state index in [2.05, 4.69) is 5.32 Å². The van der Waals surface area contributed by atoms with E-state index in [0.717, 1.165) is 16.9 Å². The van der Waals surface area contributed by atoms with Crippen LogP contribution in [0.2, 0.25) is 0 Å². The van der Waals surface area contributed by atoms with Crippen LogP contribution in [0.15, 0.2) is 42.5 Å². The van der Waals surface area contributed by atoms with Crippen molar-refractivity contribution in [1.82, 2.24) is 0 Å². The number of nitrogens with zero attached hydrogens (tertiary/aromatic N) is 1. The average Bonchev–Trinajstić information content (AvgIpc) is 2.38. The zero-order valence-corrected chi connectivity index (χ0v) is 12.0. The molecule has 2 rings (SSSR count). The van der Waals surface area contributed by atoms with Gasteiger partial charge in [0.05, 0.1) is 5.56 Å². The third kappa shape index (κ3) is 3.09. The van der Waals surface area contributed by atoms with Crippen LogP contribution in [-0.2, 0) is 0 Å². The Morgan fingerprint density at radius 3 is 2.55 bits per heavy atom. The quantitative estimate of drug-likeness (QED) is 0.842. The zero-order chi connectivity index (χ0) is 14.7. The summed E-state index contributed by atoms with van der Waals surface area (Å²) in [5.41, 5.74) is 9.68. The highest BCUT2D eigenvalue weighted by Gasteiger charge is 2.10. The molecule has 0 unspecified atom stereocenters. The number of nitrogens with two attached hydrogens (primary N) is 1. The highest BCUT2D eigenvalue weighted by Crippen LogP contribution is 2.20. The van der Waals surface area contributed by atoms with Crippen molar-refractivity contribution in [2.75, 3.05) is 30.0 Å². The Morgan fingerprint density at radius 1 is 1.15 bits per heavy atom. The molecule has 0 saturated heterocycles. The largest absolute Gasteiger partial charge is 0.398 e. The van der Waals surface area contributed by atoms with Crippen molar-refractivity contribution in [1.29, 1.82) is 0 Å². The molecule has 3 N–H and O–H groups in total. The van der Waals surface area contributed by atoms with Crippen LogP contribution in [0.25, 0.3) is 0 Å². The number of carbonyl (C=O) groups excluding carboxylic acids is 1. The Balaban J connectivity index is 2.21. The lowest BCUT2D eigenvalue weighted by Crippen LogP contribution is -2.15. The zero-order valence-electron chi connectivity index (χ0n) is 12.0. The monoisotopic (exact) mass is 269 g/mol. The van der Waals surface area contributed by atoms with Crippen molar-refractivity contribution in [3.63, 3.8) is 0 Å². The summed E-state index contributed by atoms with van der Waals surface area (Å²) in [4.78, 5) is 14.2. The van der Waals surface area contributed by atoms with Crippen LogP contribution in [0.3, 0.4) is 0 Å². The molecule has 20 heavy (non-hydrogen) atoms. The molecule has 4 heteroatoms. The summed E-state index contributed by atoms with van der Waals surface area (Å²) in [6.45, 7) is 1.94. The normalized spacial score (nSPS) is 10.2. The second-order valence-corrected chi connectivity index (χ2v) is 4.99. The van der Waals surface area contributed by atoms with Gasteiger partial charge in [-0.05, 0) is 42.8 Å². The number of hydrogen-bond donors (Lipinski definition) is 2. The molecule has 104 valence electrons. The average molecular weight is 269 g/mol. The maximum Gasteiger partial charge on any atom is 0.257 e. The summed E-state index contributed by atoms with van der Waals surface area (Å²) in [6, 6.07) is 13.1. The molecule has 0 bridgehead atoms. The molecule has 1 amide bonds. The van der Waals surface area contributed by atoms with Gasteiger partial charge in [-0.25, -0.2) is 0 Å². The molecular formula is C16H19N3O. The lowest BCUT2D eigenvalue weighted by atomic mass is 10.1. The van der Waals surface area contributed by atoms with E-state index in [0.29, 0.717) is 11.3 Å². The van der Waals surface area contributed by atoms with Gasteiger partial charge in [-0.15, -0.1) is 0 Å². The van der Waals surface area contributed by atoms with Crippen LogP contribution in [-0.4, -0.2) is 20.0 Å². The van der Waals surface area contributed by atoms with Crippen LogP contribution in [0, 0.1) is 6.92 Å². The van der Waals surface area contributed by atoms with Gasteiger partial charge in [-0.2, -0.15) is 0 Å². The van der Waals surface area contributed by atoms with Gasteiger partial charge in [-0.1, -0.05) is 12.1 Å². The summed E-state index contributed by atoms with van der Waals surface area (Å²) in [5.74, 6) is -0.196. The van der Waals surface area contributed by atoms with Gasteiger partial charge in [0, 0.05) is 31.2 Å². The number of hydrogen-bond acceptors (Lipinski definition) is 3. The summed E-state index contributed by atoms with van der Waals surface area (Å²) in [6.07, 6.45) is 0. The molecule has 0 heterocycles. The number of nitrogen functional groups attached to an aromatic ring is 1. The van der Waals surface area contributed by atoms with Gasteiger partial charge in [0.1, 0.15) is 0 Å². The van der Waals surface area contributed by atoms with Gasteiger partial charge in [0.25, 0.3) is 5.91 Å². The highest BCUT2D eigenvalue weighted by atomic mass is 16.1. The van der Waals surface area contributed by atoms with Crippen LogP contribution in [0.5, 0.6) is 0 Å². The number of benzene rings is 2. The summed E-state index contributed by atoms with van der Waals surface area (Å²) >= 11 is 0. The first-order valence-electron chi connectivity index (χ1n) is 6.42. The van der Waals surface area contributed by atoms with E-state index in [9.17, 15) is 4.79 Å². The maximum atomic E-state index is 12.2. The van der Waals surface area contributed by atoms with Crippen molar-refractivity contribution in [3.8, 4) is 0 Å². The Labute approximate surface area is 119 Å². The third-order valence-corrected chi connectivity index (χ3v) is 3.07.